The summed E-state index contributed by atoms with van der Waals surface area (Å²) >= 11 is 0. The van der Waals surface area contributed by atoms with Crippen LogP contribution >= 0.6 is 0 Å². The van der Waals surface area contributed by atoms with E-state index in [1.165, 1.54) is 0 Å². The lowest BCUT2D eigenvalue weighted by atomic mass is 10.1. The Hall–Kier alpha value is -3.15. The number of rotatable bonds is 5. The third-order valence-electron chi connectivity index (χ3n) is 3.06. The predicted molar refractivity (Wildman–Crippen MR) is 85.8 cm³/mol. The fourth-order valence-corrected chi connectivity index (χ4v) is 1.88. The maximum atomic E-state index is 11.8. The third kappa shape index (κ3) is 5.28. The molecule has 6 heteroatoms. The molecule has 0 unspecified atom stereocenters. The van der Waals surface area contributed by atoms with Crippen molar-refractivity contribution in [3.05, 3.63) is 71.8 Å². The molecule has 0 heterocycles. The van der Waals surface area contributed by atoms with E-state index in [1.54, 1.807) is 54.6 Å². The number of carbonyl (C=O) groups is 3. The Balaban J connectivity index is 1.67. The molecule has 0 saturated heterocycles. The van der Waals surface area contributed by atoms with Crippen molar-refractivity contribution in [1.82, 2.24) is 16.2 Å². The van der Waals surface area contributed by atoms with Crippen molar-refractivity contribution in [2.75, 3.05) is 6.54 Å². The maximum absolute atomic E-state index is 11.8. The SMILES string of the molecule is O=C(NCCC(=O)c1ccccc1)NNC(=O)c1ccccc1. The zero-order valence-corrected chi connectivity index (χ0v) is 12.4. The third-order valence-corrected chi connectivity index (χ3v) is 3.06. The number of ketones is 1. The maximum Gasteiger partial charge on any atom is 0.333 e. The molecule has 0 aromatic heterocycles. The van der Waals surface area contributed by atoms with Gasteiger partial charge in [-0.1, -0.05) is 48.5 Å². The molecule has 0 aliphatic rings. The molecule has 0 saturated carbocycles. The van der Waals surface area contributed by atoms with Gasteiger partial charge in [0.1, 0.15) is 0 Å². The Labute approximate surface area is 133 Å². The molecule has 0 aliphatic carbocycles. The van der Waals surface area contributed by atoms with Gasteiger partial charge in [-0.2, -0.15) is 0 Å². The average Bonchev–Trinajstić information content (AvgIpc) is 2.61. The van der Waals surface area contributed by atoms with E-state index in [-0.39, 0.29) is 18.7 Å². The summed E-state index contributed by atoms with van der Waals surface area (Å²) in [6.45, 7) is 0.181. The van der Waals surface area contributed by atoms with Crippen molar-refractivity contribution in [3.63, 3.8) is 0 Å². The van der Waals surface area contributed by atoms with Crippen LogP contribution in [0.1, 0.15) is 27.1 Å². The van der Waals surface area contributed by atoms with Gasteiger partial charge in [-0.3, -0.25) is 15.0 Å². The number of hydrogen-bond acceptors (Lipinski definition) is 3. The molecule has 2 aromatic carbocycles. The summed E-state index contributed by atoms with van der Waals surface area (Å²) in [5, 5.41) is 2.50. The molecule has 23 heavy (non-hydrogen) atoms. The minimum Gasteiger partial charge on any atom is -0.336 e. The summed E-state index contributed by atoms with van der Waals surface area (Å²) in [4.78, 5) is 35.1. The van der Waals surface area contributed by atoms with Gasteiger partial charge in [0.15, 0.2) is 5.78 Å². The van der Waals surface area contributed by atoms with Crippen molar-refractivity contribution in [2.24, 2.45) is 0 Å². The van der Waals surface area contributed by atoms with E-state index in [1.807, 2.05) is 6.07 Å². The van der Waals surface area contributed by atoms with Gasteiger partial charge in [0, 0.05) is 24.1 Å². The van der Waals surface area contributed by atoms with E-state index < -0.39 is 11.9 Å². The number of urea groups is 1. The summed E-state index contributed by atoms with van der Waals surface area (Å²) < 4.78 is 0. The monoisotopic (exact) mass is 311 g/mol. The second kappa shape index (κ2) is 8.33. The summed E-state index contributed by atoms with van der Waals surface area (Å²) in [5.41, 5.74) is 5.56. The van der Waals surface area contributed by atoms with Gasteiger partial charge in [0.25, 0.3) is 5.91 Å². The molecule has 0 atom stereocenters. The first-order valence-corrected chi connectivity index (χ1v) is 7.14. The first kappa shape index (κ1) is 16.2. The Bertz CT molecular complexity index is 672. The van der Waals surface area contributed by atoms with Crippen LogP contribution in [0.4, 0.5) is 4.79 Å². The number of nitrogens with one attached hydrogen (secondary N) is 3. The van der Waals surface area contributed by atoms with Crippen LogP contribution in [0.25, 0.3) is 0 Å². The molecule has 2 rings (SSSR count). The van der Waals surface area contributed by atoms with Crippen molar-refractivity contribution in [1.29, 1.82) is 0 Å². The molecule has 0 radical (unpaired) electrons. The van der Waals surface area contributed by atoms with Crippen molar-refractivity contribution >= 4 is 17.7 Å². The number of carbonyl (C=O) groups excluding carboxylic acids is 3. The van der Waals surface area contributed by atoms with Crippen LogP contribution in [0, 0.1) is 0 Å². The molecule has 0 bridgehead atoms. The fourth-order valence-electron chi connectivity index (χ4n) is 1.88. The largest absolute Gasteiger partial charge is 0.336 e. The van der Waals surface area contributed by atoms with Crippen molar-refractivity contribution in [3.8, 4) is 0 Å². The highest BCUT2D eigenvalue weighted by molar-refractivity contribution is 5.96. The van der Waals surface area contributed by atoms with Crippen molar-refractivity contribution in [2.45, 2.75) is 6.42 Å². The number of hydrazine groups is 1. The minimum atomic E-state index is -0.574. The van der Waals surface area contributed by atoms with Gasteiger partial charge in [0.05, 0.1) is 0 Å². The van der Waals surface area contributed by atoms with Gasteiger partial charge >= 0.3 is 6.03 Å². The highest BCUT2D eigenvalue weighted by Gasteiger charge is 2.08. The van der Waals surface area contributed by atoms with E-state index in [0.717, 1.165) is 0 Å². The summed E-state index contributed by atoms with van der Waals surface area (Å²) in [6.07, 6.45) is 0.185. The van der Waals surface area contributed by atoms with Crippen LogP contribution in [0.2, 0.25) is 0 Å². The molecule has 0 fully saturated rings. The number of amides is 3. The van der Waals surface area contributed by atoms with Gasteiger partial charge in [-0.25, -0.2) is 10.2 Å². The minimum absolute atomic E-state index is 0.0563. The van der Waals surface area contributed by atoms with Gasteiger partial charge < -0.3 is 5.32 Å². The van der Waals surface area contributed by atoms with E-state index in [0.29, 0.717) is 11.1 Å². The zero-order valence-electron chi connectivity index (χ0n) is 12.4. The molecule has 3 amide bonds. The highest BCUT2D eigenvalue weighted by atomic mass is 16.2. The molecule has 6 nitrogen and oxygen atoms in total. The van der Waals surface area contributed by atoms with Gasteiger partial charge in [-0.15, -0.1) is 0 Å². The van der Waals surface area contributed by atoms with Crippen LogP contribution < -0.4 is 16.2 Å². The molecular weight excluding hydrogens is 294 g/mol. The van der Waals surface area contributed by atoms with Gasteiger partial charge in [-0.05, 0) is 12.1 Å². The Morgan fingerprint density at radius 2 is 1.30 bits per heavy atom. The smallest absolute Gasteiger partial charge is 0.333 e. The highest BCUT2D eigenvalue weighted by Crippen LogP contribution is 2.02. The quantitative estimate of drug-likeness (QED) is 0.582. The first-order valence-electron chi connectivity index (χ1n) is 7.14. The van der Waals surface area contributed by atoms with E-state index >= 15 is 0 Å². The molecule has 0 aliphatic heterocycles. The standard InChI is InChI=1S/C17H17N3O3/c21-15(13-7-3-1-4-8-13)11-12-18-17(23)20-19-16(22)14-9-5-2-6-10-14/h1-10H,11-12H2,(H,19,22)(H2,18,20,23). The predicted octanol–water partition coefficient (Wildman–Crippen LogP) is 1.90. The number of hydrogen-bond donors (Lipinski definition) is 3. The second-order valence-electron chi connectivity index (χ2n) is 4.74. The zero-order chi connectivity index (χ0) is 16.5. The second-order valence-corrected chi connectivity index (χ2v) is 4.74. The van der Waals surface area contributed by atoms with Gasteiger partial charge in [0.2, 0.25) is 0 Å². The Kier molecular flexibility index (Phi) is 5.88. The number of benzene rings is 2. The van der Waals surface area contributed by atoms with Crippen LogP contribution in [0.3, 0.4) is 0 Å². The first-order chi connectivity index (χ1) is 11.2. The lowest BCUT2D eigenvalue weighted by Gasteiger charge is -2.08. The topological polar surface area (TPSA) is 87.3 Å². The van der Waals surface area contributed by atoms with E-state index in [4.69, 9.17) is 0 Å². The van der Waals surface area contributed by atoms with Crippen LogP contribution in [-0.4, -0.2) is 24.3 Å². The van der Waals surface area contributed by atoms with Crippen LogP contribution in [0.15, 0.2) is 60.7 Å². The number of Topliss-reactive ketones (excluding diaryl/α,β-unsaturated/α-hetero) is 1. The van der Waals surface area contributed by atoms with Crippen LogP contribution in [-0.2, 0) is 0 Å². The summed E-state index contributed by atoms with van der Waals surface area (Å²) in [5.74, 6) is -0.472. The summed E-state index contributed by atoms with van der Waals surface area (Å²) in [6, 6.07) is 16.8. The lowest BCUT2D eigenvalue weighted by Crippen LogP contribution is -2.47. The van der Waals surface area contributed by atoms with Crippen molar-refractivity contribution < 1.29 is 14.4 Å². The lowest BCUT2D eigenvalue weighted by molar-refractivity contribution is 0.0933. The van der Waals surface area contributed by atoms with E-state index in [2.05, 4.69) is 16.2 Å². The average molecular weight is 311 g/mol. The summed E-state index contributed by atoms with van der Waals surface area (Å²) in [7, 11) is 0. The molecule has 0 spiro atoms. The Morgan fingerprint density at radius 1 is 0.739 bits per heavy atom. The molecule has 118 valence electrons. The fraction of sp³-hybridized carbons (Fsp3) is 0.118. The Morgan fingerprint density at radius 3 is 1.91 bits per heavy atom. The van der Waals surface area contributed by atoms with Crippen LogP contribution in [0.5, 0.6) is 0 Å². The van der Waals surface area contributed by atoms with E-state index in [9.17, 15) is 14.4 Å². The molecular formula is C17H17N3O3. The molecule has 2 aromatic rings. The molecule has 3 N–H and O–H groups in total. The normalized spacial score (nSPS) is 9.74.